The van der Waals surface area contributed by atoms with Crippen LogP contribution >= 0.6 is 0 Å². The van der Waals surface area contributed by atoms with Crippen LogP contribution in [0.2, 0.25) is 0 Å². The second kappa shape index (κ2) is 5.34. The van der Waals surface area contributed by atoms with E-state index in [1.54, 1.807) is 0 Å². The first-order valence-corrected chi connectivity index (χ1v) is 9.40. The summed E-state index contributed by atoms with van der Waals surface area (Å²) in [6.45, 7) is 0. The summed E-state index contributed by atoms with van der Waals surface area (Å²) in [4.78, 5) is 12.9. The highest BCUT2D eigenvalue weighted by molar-refractivity contribution is 7.86. The molecule has 4 rings (SSSR count). The van der Waals surface area contributed by atoms with Gasteiger partial charge in [0.2, 0.25) is 0 Å². The van der Waals surface area contributed by atoms with Gasteiger partial charge in [0.1, 0.15) is 0 Å². The van der Waals surface area contributed by atoms with Crippen LogP contribution in [0.25, 0.3) is 10.9 Å². The van der Waals surface area contributed by atoms with Crippen LogP contribution < -0.4 is 0 Å². The number of aromatic nitrogens is 1. The zero-order chi connectivity index (χ0) is 15.3. The molecule has 0 spiro atoms. The van der Waals surface area contributed by atoms with Crippen molar-refractivity contribution in [3.63, 3.8) is 0 Å². The van der Waals surface area contributed by atoms with Crippen molar-refractivity contribution in [3.05, 3.63) is 36.0 Å². The quantitative estimate of drug-likeness (QED) is 0.796. The summed E-state index contributed by atoms with van der Waals surface area (Å²) in [5.41, 5.74) is 1.97. The number of nitrogens with zero attached hydrogens (tertiary/aromatic N) is 1. The Kier molecular flexibility index (Phi) is 3.44. The van der Waals surface area contributed by atoms with Gasteiger partial charge in [0.25, 0.3) is 0 Å². The molecular formula is C18H21NO2S. The minimum absolute atomic E-state index is 0.0640. The van der Waals surface area contributed by atoms with Crippen molar-refractivity contribution >= 4 is 27.5 Å². The number of carbonyl (C=O) groups is 1. The molecule has 2 aromatic rings. The van der Waals surface area contributed by atoms with Crippen LogP contribution in [0.5, 0.6) is 0 Å². The van der Waals surface area contributed by atoms with E-state index >= 15 is 0 Å². The standard InChI is InChI=1S/C18H21NO2S/c1-19-8-7-12-9-13(5-6-17(12)19)18(20)14-10-15-3-2-4-16(11-14)22(15)21/h5-9,14-16H,2-4,10-11H2,1H3. The molecule has 1 aromatic heterocycles. The van der Waals surface area contributed by atoms with Gasteiger partial charge in [-0.3, -0.25) is 9.00 Å². The molecular weight excluding hydrogens is 294 g/mol. The molecule has 2 atom stereocenters. The predicted molar refractivity (Wildman–Crippen MR) is 89.5 cm³/mol. The minimum Gasteiger partial charge on any atom is -0.351 e. The topological polar surface area (TPSA) is 39.1 Å². The molecule has 0 aliphatic carbocycles. The zero-order valence-electron chi connectivity index (χ0n) is 12.8. The van der Waals surface area contributed by atoms with E-state index in [2.05, 4.69) is 10.6 Å². The Hall–Kier alpha value is -1.42. The van der Waals surface area contributed by atoms with Gasteiger partial charge in [0, 0.05) is 56.9 Å². The number of ketones is 1. The monoisotopic (exact) mass is 315 g/mol. The van der Waals surface area contributed by atoms with Gasteiger partial charge < -0.3 is 4.57 Å². The van der Waals surface area contributed by atoms with Crippen LogP contribution in [-0.4, -0.2) is 25.1 Å². The van der Waals surface area contributed by atoms with Gasteiger partial charge in [-0.1, -0.05) is 6.42 Å². The van der Waals surface area contributed by atoms with Crippen molar-refractivity contribution in [1.82, 2.24) is 4.57 Å². The van der Waals surface area contributed by atoms with E-state index in [1.165, 1.54) is 6.42 Å². The van der Waals surface area contributed by atoms with Crippen molar-refractivity contribution in [3.8, 4) is 0 Å². The van der Waals surface area contributed by atoms with E-state index < -0.39 is 10.8 Å². The Bertz CT molecular complexity index is 748. The van der Waals surface area contributed by atoms with Crippen LogP contribution in [0.15, 0.2) is 30.5 Å². The van der Waals surface area contributed by atoms with Gasteiger partial charge in [-0.05, 0) is 49.9 Å². The Morgan fingerprint density at radius 2 is 1.91 bits per heavy atom. The molecule has 4 heteroatoms. The van der Waals surface area contributed by atoms with Gasteiger partial charge in [0.05, 0.1) is 0 Å². The van der Waals surface area contributed by atoms with Gasteiger partial charge in [-0.25, -0.2) is 0 Å². The first-order valence-electron chi connectivity index (χ1n) is 8.12. The maximum Gasteiger partial charge on any atom is 0.166 e. The van der Waals surface area contributed by atoms with E-state index in [0.29, 0.717) is 0 Å². The molecule has 2 bridgehead atoms. The Balaban J connectivity index is 1.61. The van der Waals surface area contributed by atoms with Gasteiger partial charge in [-0.2, -0.15) is 0 Å². The number of hydrogen-bond acceptors (Lipinski definition) is 2. The van der Waals surface area contributed by atoms with Crippen molar-refractivity contribution in [2.75, 3.05) is 0 Å². The highest BCUT2D eigenvalue weighted by Crippen LogP contribution is 2.38. The third-order valence-electron chi connectivity index (χ3n) is 5.34. The second-order valence-corrected chi connectivity index (χ2v) is 8.73. The highest BCUT2D eigenvalue weighted by Gasteiger charge is 2.40. The maximum absolute atomic E-state index is 12.9. The van der Waals surface area contributed by atoms with Crippen LogP contribution in [0, 0.1) is 5.92 Å². The molecule has 2 unspecified atom stereocenters. The lowest BCUT2D eigenvalue weighted by atomic mass is 9.84. The average molecular weight is 315 g/mol. The third-order valence-corrected chi connectivity index (χ3v) is 7.52. The third kappa shape index (κ3) is 2.24. The summed E-state index contributed by atoms with van der Waals surface area (Å²) >= 11 is 0. The fraction of sp³-hybridized carbons (Fsp3) is 0.500. The van der Waals surface area contributed by atoms with E-state index in [9.17, 15) is 9.00 Å². The fourth-order valence-corrected chi connectivity index (χ4v) is 6.30. The molecule has 2 aliphatic rings. The van der Waals surface area contributed by atoms with Crippen molar-refractivity contribution in [2.24, 2.45) is 13.0 Å². The Labute approximate surface area is 133 Å². The summed E-state index contributed by atoms with van der Waals surface area (Å²) in [7, 11) is 1.31. The minimum atomic E-state index is -0.704. The number of carbonyl (C=O) groups excluding carboxylic acids is 1. The average Bonchev–Trinajstić information content (AvgIpc) is 2.87. The predicted octanol–water partition coefficient (Wildman–Crippen LogP) is 3.44. The smallest absolute Gasteiger partial charge is 0.166 e. The molecule has 0 radical (unpaired) electrons. The zero-order valence-corrected chi connectivity index (χ0v) is 13.6. The molecule has 0 N–H and O–H groups in total. The highest BCUT2D eigenvalue weighted by atomic mass is 32.2. The van der Waals surface area contributed by atoms with E-state index in [1.807, 2.05) is 31.4 Å². The SMILES string of the molecule is Cn1ccc2cc(C(=O)C3CC4CCCC(C3)S4=O)ccc21. The van der Waals surface area contributed by atoms with Gasteiger partial charge in [0.15, 0.2) is 5.78 Å². The number of fused-ring (bicyclic) bond motifs is 3. The molecule has 1 aromatic carbocycles. The maximum atomic E-state index is 12.9. The largest absolute Gasteiger partial charge is 0.351 e. The molecule has 0 amide bonds. The van der Waals surface area contributed by atoms with Gasteiger partial charge >= 0.3 is 0 Å². The van der Waals surface area contributed by atoms with Crippen molar-refractivity contribution < 1.29 is 9.00 Å². The fourth-order valence-electron chi connectivity index (χ4n) is 4.12. The normalized spacial score (nSPS) is 31.3. The van der Waals surface area contributed by atoms with E-state index in [-0.39, 0.29) is 22.2 Å². The Morgan fingerprint density at radius 3 is 2.64 bits per heavy atom. The number of hydrogen-bond donors (Lipinski definition) is 0. The molecule has 0 saturated carbocycles. The number of aryl methyl sites for hydroxylation is 1. The number of rotatable bonds is 2. The lowest BCUT2D eigenvalue weighted by Crippen LogP contribution is -2.41. The van der Waals surface area contributed by atoms with Crippen LogP contribution in [0.3, 0.4) is 0 Å². The molecule has 2 aliphatic heterocycles. The molecule has 116 valence electrons. The molecule has 2 saturated heterocycles. The summed E-state index contributed by atoms with van der Waals surface area (Å²) < 4.78 is 14.4. The summed E-state index contributed by atoms with van der Waals surface area (Å²) in [5, 5.41) is 1.62. The number of benzene rings is 1. The number of Topliss-reactive ketones (excluding diaryl/α,β-unsaturated/α-hetero) is 1. The van der Waals surface area contributed by atoms with E-state index in [0.717, 1.165) is 42.1 Å². The van der Waals surface area contributed by atoms with Crippen molar-refractivity contribution in [1.29, 1.82) is 0 Å². The summed E-state index contributed by atoms with van der Waals surface area (Å²) in [6, 6.07) is 8.05. The molecule has 3 nitrogen and oxygen atoms in total. The van der Waals surface area contributed by atoms with Crippen LogP contribution in [0.1, 0.15) is 42.5 Å². The van der Waals surface area contributed by atoms with Crippen molar-refractivity contribution in [2.45, 2.75) is 42.6 Å². The van der Waals surface area contributed by atoms with Crippen LogP contribution in [0.4, 0.5) is 0 Å². The van der Waals surface area contributed by atoms with Crippen LogP contribution in [-0.2, 0) is 17.8 Å². The lowest BCUT2D eigenvalue weighted by molar-refractivity contribution is 0.0895. The van der Waals surface area contributed by atoms with Gasteiger partial charge in [-0.15, -0.1) is 0 Å². The first kappa shape index (κ1) is 14.2. The summed E-state index contributed by atoms with van der Waals surface area (Å²) in [6.07, 6.45) is 6.89. The molecule has 22 heavy (non-hydrogen) atoms. The lowest BCUT2D eigenvalue weighted by Gasteiger charge is -2.37. The second-order valence-electron chi connectivity index (χ2n) is 6.74. The molecule has 3 heterocycles. The first-order chi connectivity index (χ1) is 10.6. The Morgan fingerprint density at radius 1 is 1.18 bits per heavy atom. The summed E-state index contributed by atoms with van der Waals surface area (Å²) in [5.74, 6) is 0.313. The molecule has 2 fully saturated rings. The van der Waals surface area contributed by atoms with E-state index in [4.69, 9.17) is 0 Å².